The first-order chi connectivity index (χ1) is 12.9. The molecule has 0 saturated carbocycles. The topological polar surface area (TPSA) is 84.0 Å². The standard InChI is InChI=1S/C20H34N4O3/c1-5-21-18(22-12-9-13-24-19(25)27-20(2,3)4)23-14-15-26-16-17-10-7-6-8-11-17/h6-8,10-11H,5,9,12-16H2,1-4H3,(H,24,25)(H2,21,22,23). The van der Waals surface area contributed by atoms with Gasteiger partial charge in [-0.05, 0) is 39.7 Å². The van der Waals surface area contributed by atoms with Crippen molar-refractivity contribution in [2.75, 3.05) is 32.8 Å². The summed E-state index contributed by atoms with van der Waals surface area (Å²) in [6, 6.07) is 10.1. The minimum atomic E-state index is -0.479. The maximum atomic E-state index is 11.6. The van der Waals surface area contributed by atoms with E-state index in [9.17, 15) is 4.79 Å². The van der Waals surface area contributed by atoms with Gasteiger partial charge in [0.25, 0.3) is 0 Å². The van der Waals surface area contributed by atoms with Gasteiger partial charge in [-0.15, -0.1) is 0 Å². The van der Waals surface area contributed by atoms with Crippen LogP contribution in [0.1, 0.15) is 39.7 Å². The van der Waals surface area contributed by atoms with Crippen molar-refractivity contribution in [3.05, 3.63) is 35.9 Å². The van der Waals surface area contributed by atoms with Gasteiger partial charge in [-0.1, -0.05) is 30.3 Å². The lowest BCUT2D eigenvalue weighted by molar-refractivity contribution is 0.0527. The molecule has 1 aromatic carbocycles. The number of nitrogens with zero attached hydrogens (tertiary/aromatic N) is 1. The molecule has 0 aliphatic carbocycles. The van der Waals surface area contributed by atoms with Crippen LogP contribution in [0.3, 0.4) is 0 Å². The number of ether oxygens (including phenoxy) is 2. The molecule has 0 aromatic heterocycles. The predicted octanol–water partition coefficient (Wildman–Crippen LogP) is 2.67. The molecular weight excluding hydrogens is 344 g/mol. The van der Waals surface area contributed by atoms with E-state index in [1.54, 1.807) is 0 Å². The molecule has 7 nitrogen and oxygen atoms in total. The van der Waals surface area contributed by atoms with Crippen LogP contribution in [0, 0.1) is 0 Å². The second-order valence-electron chi connectivity index (χ2n) is 7.01. The number of amides is 1. The Balaban J connectivity index is 2.17. The normalized spacial score (nSPS) is 11.8. The fourth-order valence-corrected chi connectivity index (χ4v) is 2.12. The Bertz CT molecular complexity index is 556. The zero-order valence-electron chi connectivity index (χ0n) is 17.0. The highest BCUT2D eigenvalue weighted by Crippen LogP contribution is 2.06. The second kappa shape index (κ2) is 13.0. The summed E-state index contributed by atoms with van der Waals surface area (Å²) >= 11 is 0. The molecule has 0 saturated heterocycles. The molecule has 1 rings (SSSR count). The van der Waals surface area contributed by atoms with Crippen LogP contribution in [0.4, 0.5) is 4.79 Å². The molecule has 0 fully saturated rings. The average molecular weight is 379 g/mol. The Morgan fingerprint density at radius 3 is 2.48 bits per heavy atom. The summed E-state index contributed by atoms with van der Waals surface area (Å²) in [5, 5.41) is 9.16. The minimum absolute atomic E-state index is 0.396. The Morgan fingerprint density at radius 1 is 1.07 bits per heavy atom. The molecule has 152 valence electrons. The highest BCUT2D eigenvalue weighted by molar-refractivity contribution is 5.79. The fourth-order valence-electron chi connectivity index (χ4n) is 2.12. The van der Waals surface area contributed by atoms with Crippen molar-refractivity contribution in [3.8, 4) is 0 Å². The molecule has 0 spiro atoms. The summed E-state index contributed by atoms with van der Waals surface area (Å²) in [6.45, 7) is 11.3. The van der Waals surface area contributed by atoms with Gasteiger partial charge in [0, 0.05) is 26.2 Å². The van der Waals surface area contributed by atoms with Gasteiger partial charge in [-0.25, -0.2) is 4.79 Å². The van der Waals surface area contributed by atoms with Crippen molar-refractivity contribution in [3.63, 3.8) is 0 Å². The number of alkyl carbamates (subject to hydrolysis) is 1. The molecular formula is C20H34N4O3. The summed E-state index contributed by atoms with van der Waals surface area (Å²) in [5.74, 6) is 0.748. The summed E-state index contributed by atoms with van der Waals surface area (Å²) in [7, 11) is 0. The van der Waals surface area contributed by atoms with Crippen molar-refractivity contribution in [2.45, 2.75) is 46.3 Å². The van der Waals surface area contributed by atoms with Crippen molar-refractivity contribution in [1.82, 2.24) is 16.0 Å². The number of benzene rings is 1. The molecule has 0 unspecified atom stereocenters. The number of carbonyl (C=O) groups excluding carboxylic acids is 1. The van der Waals surface area contributed by atoms with E-state index in [1.807, 2.05) is 58.0 Å². The number of nitrogens with one attached hydrogen (secondary N) is 3. The molecule has 0 atom stereocenters. The van der Waals surface area contributed by atoms with Gasteiger partial charge >= 0.3 is 6.09 Å². The van der Waals surface area contributed by atoms with Crippen molar-refractivity contribution < 1.29 is 14.3 Å². The Labute approximate surface area is 162 Å². The second-order valence-corrected chi connectivity index (χ2v) is 7.01. The summed E-state index contributed by atoms with van der Waals surface area (Å²) in [4.78, 5) is 16.0. The maximum absolute atomic E-state index is 11.6. The first-order valence-electron chi connectivity index (χ1n) is 9.51. The van der Waals surface area contributed by atoms with Crippen molar-refractivity contribution >= 4 is 12.1 Å². The van der Waals surface area contributed by atoms with Crippen LogP contribution in [0.25, 0.3) is 0 Å². The number of hydrogen-bond acceptors (Lipinski definition) is 4. The molecule has 27 heavy (non-hydrogen) atoms. The smallest absolute Gasteiger partial charge is 0.407 e. The third-order valence-electron chi connectivity index (χ3n) is 3.27. The van der Waals surface area contributed by atoms with Crippen LogP contribution in [0.2, 0.25) is 0 Å². The molecule has 3 N–H and O–H groups in total. The lowest BCUT2D eigenvalue weighted by Gasteiger charge is -2.19. The Morgan fingerprint density at radius 2 is 1.81 bits per heavy atom. The van der Waals surface area contributed by atoms with E-state index in [1.165, 1.54) is 0 Å². The Kier molecular flexibility index (Phi) is 10.9. The SMILES string of the molecule is CCNC(=NCCCNC(=O)OC(C)(C)C)NCCOCc1ccccc1. The van der Waals surface area contributed by atoms with Crippen LogP contribution in [-0.4, -0.2) is 50.4 Å². The summed E-state index contributed by atoms with van der Waals surface area (Å²) in [6.07, 6.45) is 0.340. The molecule has 0 aliphatic rings. The van der Waals surface area contributed by atoms with Crippen LogP contribution in [-0.2, 0) is 16.1 Å². The molecule has 1 amide bonds. The number of rotatable bonds is 10. The molecule has 0 bridgehead atoms. The first kappa shape index (κ1) is 22.8. The Hall–Kier alpha value is -2.28. The van der Waals surface area contributed by atoms with Crippen molar-refractivity contribution in [1.29, 1.82) is 0 Å². The summed E-state index contributed by atoms with van der Waals surface area (Å²) < 4.78 is 10.8. The zero-order valence-corrected chi connectivity index (χ0v) is 17.0. The zero-order chi connectivity index (χ0) is 20.0. The molecule has 0 radical (unpaired) electrons. The third-order valence-corrected chi connectivity index (χ3v) is 3.27. The van der Waals surface area contributed by atoms with E-state index in [0.717, 1.165) is 24.5 Å². The van der Waals surface area contributed by atoms with Crippen LogP contribution in [0.5, 0.6) is 0 Å². The van der Waals surface area contributed by atoms with E-state index < -0.39 is 11.7 Å². The monoisotopic (exact) mass is 378 g/mol. The predicted molar refractivity (Wildman–Crippen MR) is 109 cm³/mol. The quantitative estimate of drug-likeness (QED) is 0.331. The van der Waals surface area contributed by atoms with Crippen LogP contribution >= 0.6 is 0 Å². The van der Waals surface area contributed by atoms with Gasteiger partial charge in [0.1, 0.15) is 5.60 Å². The van der Waals surface area contributed by atoms with E-state index >= 15 is 0 Å². The largest absolute Gasteiger partial charge is 0.444 e. The molecule has 0 heterocycles. The molecule has 0 aliphatic heterocycles. The van der Waals surface area contributed by atoms with Crippen LogP contribution in [0.15, 0.2) is 35.3 Å². The maximum Gasteiger partial charge on any atom is 0.407 e. The minimum Gasteiger partial charge on any atom is -0.444 e. The van der Waals surface area contributed by atoms with E-state index in [0.29, 0.717) is 32.8 Å². The highest BCUT2D eigenvalue weighted by Gasteiger charge is 2.15. The first-order valence-corrected chi connectivity index (χ1v) is 9.51. The average Bonchev–Trinajstić information content (AvgIpc) is 2.60. The van der Waals surface area contributed by atoms with Crippen molar-refractivity contribution in [2.24, 2.45) is 4.99 Å². The lowest BCUT2D eigenvalue weighted by Crippen LogP contribution is -2.39. The molecule has 1 aromatic rings. The third kappa shape index (κ3) is 12.7. The lowest BCUT2D eigenvalue weighted by atomic mass is 10.2. The van der Waals surface area contributed by atoms with Gasteiger partial charge in [0.15, 0.2) is 5.96 Å². The number of aliphatic imine (C=N–C) groups is 1. The number of hydrogen-bond donors (Lipinski definition) is 3. The van der Waals surface area contributed by atoms with Gasteiger partial charge in [0.2, 0.25) is 0 Å². The highest BCUT2D eigenvalue weighted by atomic mass is 16.6. The van der Waals surface area contributed by atoms with E-state index in [2.05, 4.69) is 20.9 Å². The van der Waals surface area contributed by atoms with E-state index in [4.69, 9.17) is 9.47 Å². The fraction of sp³-hybridized carbons (Fsp3) is 0.600. The van der Waals surface area contributed by atoms with Gasteiger partial charge in [-0.2, -0.15) is 0 Å². The summed E-state index contributed by atoms with van der Waals surface area (Å²) in [5.41, 5.74) is 0.683. The number of carbonyl (C=O) groups is 1. The number of guanidine groups is 1. The van der Waals surface area contributed by atoms with Gasteiger partial charge < -0.3 is 25.4 Å². The molecule has 7 heteroatoms. The van der Waals surface area contributed by atoms with Gasteiger partial charge in [0.05, 0.1) is 13.2 Å². The van der Waals surface area contributed by atoms with Gasteiger partial charge in [-0.3, -0.25) is 4.99 Å². The van der Waals surface area contributed by atoms with Crippen LogP contribution < -0.4 is 16.0 Å². The van der Waals surface area contributed by atoms with E-state index in [-0.39, 0.29) is 0 Å².